The summed E-state index contributed by atoms with van der Waals surface area (Å²) in [5, 5.41) is 7.19. The molecule has 1 fully saturated rings. The van der Waals surface area contributed by atoms with Crippen LogP contribution in [0.2, 0.25) is 0 Å². The molecule has 0 amide bonds. The monoisotopic (exact) mass is 212 g/mol. The van der Waals surface area contributed by atoms with Crippen molar-refractivity contribution in [3.63, 3.8) is 0 Å². The zero-order valence-corrected chi connectivity index (χ0v) is 10.7. The summed E-state index contributed by atoms with van der Waals surface area (Å²) in [4.78, 5) is 0. The fourth-order valence-corrected chi connectivity index (χ4v) is 2.61. The van der Waals surface area contributed by atoms with E-state index in [0.29, 0.717) is 6.04 Å². The van der Waals surface area contributed by atoms with Crippen molar-refractivity contribution in [3.8, 4) is 0 Å². The van der Waals surface area contributed by atoms with Gasteiger partial charge < -0.3 is 10.6 Å². The molecule has 1 aliphatic rings. The molecular weight excluding hydrogens is 184 g/mol. The Kier molecular flexibility index (Phi) is 6.26. The summed E-state index contributed by atoms with van der Waals surface area (Å²) >= 11 is 0. The van der Waals surface area contributed by atoms with Crippen molar-refractivity contribution >= 4 is 0 Å². The van der Waals surface area contributed by atoms with Gasteiger partial charge in [-0.1, -0.05) is 26.7 Å². The fourth-order valence-electron chi connectivity index (χ4n) is 2.61. The molecule has 0 spiro atoms. The summed E-state index contributed by atoms with van der Waals surface area (Å²) < 4.78 is 0. The van der Waals surface area contributed by atoms with Gasteiger partial charge in [-0.15, -0.1) is 0 Å². The van der Waals surface area contributed by atoms with Crippen LogP contribution in [0.1, 0.15) is 46.5 Å². The van der Waals surface area contributed by atoms with E-state index in [1.807, 2.05) is 0 Å². The lowest BCUT2D eigenvalue weighted by molar-refractivity contribution is 0.302. The molecule has 0 radical (unpaired) electrons. The number of nitrogens with one attached hydrogen (secondary N) is 2. The van der Waals surface area contributed by atoms with E-state index < -0.39 is 0 Å². The lowest BCUT2D eigenvalue weighted by Crippen LogP contribution is -2.41. The molecule has 1 saturated heterocycles. The highest BCUT2D eigenvalue weighted by Gasteiger charge is 2.16. The predicted molar refractivity (Wildman–Crippen MR) is 67.1 cm³/mol. The van der Waals surface area contributed by atoms with Gasteiger partial charge in [0.1, 0.15) is 0 Å². The molecule has 0 aliphatic carbocycles. The minimum absolute atomic E-state index is 0.682. The fraction of sp³-hybridized carbons (Fsp3) is 1.00. The van der Waals surface area contributed by atoms with Crippen LogP contribution in [0, 0.1) is 11.8 Å². The Balaban J connectivity index is 2.16. The van der Waals surface area contributed by atoms with E-state index in [-0.39, 0.29) is 0 Å². The molecule has 0 aromatic heterocycles. The molecule has 0 aromatic rings. The van der Waals surface area contributed by atoms with Gasteiger partial charge in [0, 0.05) is 6.04 Å². The lowest BCUT2D eigenvalue weighted by atomic mass is 9.94. The van der Waals surface area contributed by atoms with Crippen LogP contribution in [-0.2, 0) is 0 Å². The van der Waals surface area contributed by atoms with Gasteiger partial charge >= 0.3 is 0 Å². The average molecular weight is 212 g/mol. The number of hydrogen-bond donors (Lipinski definition) is 2. The molecule has 90 valence electrons. The van der Waals surface area contributed by atoms with Gasteiger partial charge in [0.2, 0.25) is 0 Å². The summed E-state index contributed by atoms with van der Waals surface area (Å²) in [6.07, 6.45) is 5.35. The first kappa shape index (κ1) is 13.0. The molecular formula is C13H28N2. The minimum atomic E-state index is 0.682. The Hall–Kier alpha value is -0.0800. The maximum atomic E-state index is 3.71. The van der Waals surface area contributed by atoms with Gasteiger partial charge in [-0.25, -0.2) is 0 Å². The highest BCUT2D eigenvalue weighted by Crippen LogP contribution is 2.14. The second kappa shape index (κ2) is 7.24. The van der Waals surface area contributed by atoms with Crippen molar-refractivity contribution in [2.24, 2.45) is 11.8 Å². The van der Waals surface area contributed by atoms with E-state index in [1.54, 1.807) is 0 Å². The van der Waals surface area contributed by atoms with Crippen LogP contribution in [0.15, 0.2) is 0 Å². The second-order valence-corrected chi connectivity index (χ2v) is 4.99. The lowest BCUT2D eigenvalue weighted by Gasteiger charge is -2.28. The van der Waals surface area contributed by atoms with Crippen LogP contribution in [0.3, 0.4) is 0 Å². The van der Waals surface area contributed by atoms with Crippen molar-refractivity contribution in [1.29, 1.82) is 0 Å². The molecule has 1 heterocycles. The van der Waals surface area contributed by atoms with E-state index >= 15 is 0 Å². The van der Waals surface area contributed by atoms with E-state index in [2.05, 4.69) is 31.4 Å². The van der Waals surface area contributed by atoms with Crippen molar-refractivity contribution in [3.05, 3.63) is 0 Å². The van der Waals surface area contributed by atoms with Gasteiger partial charge in [-0.05, 0) is 51.2 Å². The highest BCUT2D eigenvalue weighted by atomic mass is 14.9. The van der Waals surface area contributed by atoms with E-state index in [0.717, 1.165) is 11.8 Å². The summed E-state index contributed by atoms with van der Waals surface area (Å²) in [7, 11) is 0. The summed E-state index contributed by atoms with van der Waals surface area (Å²) in [5.41, 5.74) is 0. The second-order valence-electron chi connectivity index (χ2n) is 4.99. The van der Waals surface area contributed by atoms with Crippen LogP contribution >= 0.6 is 0 Å². The molecule has 2 unspecified atom stereocenters. The summed E-state index contributed by atoms with van der Waals surface area (Å²) in [5.74, 6) is 1.71. The quantitative estimate of drug-likeness (QED) is 0.706. The normalized spacial score (nSPS) is 24.4. The molecule has 1 aliphatic heterocycles. The number of hydrogen-bond acceptors (Lipinski definition) is 2. The molecule has 2 N–H and O–H groups in total. The third-order valence-electron chi connectivity index (χ3n) is 3.88. The maximum Gasteiger partial charge on any atom is 0.00669 e. The number of piperidine rings is 1. The molecule has 15 heavy (non-hydrogen) atoms. The van der Waals surface area contributed by atoms with E-state index in [4.69, 9.17) is 0 Å². The Morgan fingerprint density at radius 1 is 1.33 bits per heavy atom. The molecule has 2 atom stereocenters. The van der Waals surface area contributed by atoms with Gasteiger partial charge in [0.15, 0.2) is 0 Å². The van der Waals surface area contributed by atoms with Crippen molar-refractivity contribution < 1.29 is 0 Å². The summed E-state index contributed by atoms with van der Waals surface area (Å²) in [6, 6.07) is 0.682. The first-order valence-electron chi connectivity index (χ1n) is 6.72. The molecule has 2 nitrogen and oxygen atoms in total. The van der Waals surface area contributed by atoms with Crippen LogP contribution in [0.5, 0.6) is 0 Å². The van der Waals surface area contributed by atoms with Crippen molar-refractivity contribution in [2.75, 3.05) is 19.6 Å². The zero-order chi connectivity index (χ0) is 11.1. The Morgan fingerprint density at radius 2 is 2.07 bits per heavy atom. The third kappa shape index (κ3) is 4.52. The average Bonchev–Trinajstić information content (AvgIpc) is 2.29. The Morgan fingerprint density at radius 3 is 2.60 bits per heavy atom. The smallest absolute Gasteiger partial charge is 0.00669 e. The molecule has 0 saturated carbocycles. The van der Waals surface area contributed by atoms with Crippen molar-refractivity contribution in [1.82, 2.24) is 10.6 Å². The third-order valence-corrected chi connectivity index (χ3v) is 3.88. The predicted octanol–water partition coefficient (Wildman–Crippen LogP) is 2.40. The highest BCUT2D eigenvalue weighted by molar-refractivity contribution is 4.75. The van der Waals surface area contributed by atoms with Crippen LogP contribution in [0.4, 0.5) is 0 Å². The van der Waals surface area contributed by atoms with Crippen LogP contribution in [0.25, 0.3) is 0 Å². The topological polar surface area (TPSA) is 24.1 Å². The maximum absolute atomic E-state index is 3.71. The first-order valence-corrected chi connectivity index (χ1v) is 6.72. The standard InChI is InChI=1S/C13H28N2/c1-4-13(5-2)11(3)15-10-12-7-6-8-14-9-12/h11-15H,4-10H2,1-3H3. The minimum Gasteiger partial charge on any atom is -0.316 e. The van der Waals surface area contributed by atoms with Gasteiger partial charge in [0.25, 0.3) is 0 Å². The van der Waals surface area contributed by atoms with Crippen molar-refractivity contribution in [2.45, 2.75) is 52.5 Å². The SMILES string of the molecule is CCC(CC)C(C)NCC1CCCNC1. The van der Waals surface area contributed by atoms with Gasteiger partial charge in [0.05, 0.1) is 0 Å². The van der Waals surface area contributed by atoms with E-state index in [9.17, 15) is 0 Å². The first-order chi connectivity index (χ1) is 7.27. The van der Waals surface area contributed by atoms with Gasteiger partial charge in [-0.3, -0.25) is 0 Å². The molecule has 2 heteroatoms. The zero-order valence-electron chi connectivity index (χ0n) is 10.7. The van der Waals surface area contributed by atoms with E-state index in [1.165, 1.54) is 45.3 Å². The molecule has 0 bridgehead atoms. The van der Waals surface area contributed by atoms with Crippen LogP contribution < -0.4 is 10.6 Å². The van der Waals surface area contributed by atoms with Gasteiger partial charge in [-0.2, -0.15) is 0 Å². The molecule has 0 aromatic carbocycles. The largest absolute Gasteiger partial charge is 0.316 e. The Bertz CT molecular complexity index is 149. The molecule has 1 rings (SSSR count). The number of rotatable bonds is 6. The summed E-state index contributed by atoms with van der Waals surface area (Å²) in [6.45, 7) is 10.6. The Labute approximate surface area is 95.2 Å². The van der Waals surface area contributed by atoms with Crippen LogP contribution in [-0.4, -0.2) is 25.7 Å².